The first-order valence-corrected chi connectivity index (χ1v) is 9.97. The molecule has 2 aromatic rings. The van der Waals surface area contributed by atoms with Crippen LogP contribution in [-0.4, -0.2) is 43.5 Å². The van der Waals surface area contributed by atoms with Crippen molar-refractivity contribution in [3.63, 3.8) is 0 Å². The number of hydrogen-bond acceptors (Lipinski definition) is 3. The summed E-state index contributed by atoms with van der Waals surface area (Å²) in [5.74, 6) is 0.782. The molecule has 2 N–H and O–H groups in total. The van der Waals surface area contributed by atoms with E-state index in [4.69, 9.17) is 4.74 Å². The number of guanidine groups is 1. The molecule has 6 nitrogen and oxygen atoms in total. The van der Waals surface area contributed by atoms with E-state index in [0.717, 1.165) is 30.3 Å². The van der Waals surface area contributed by atoms with E-state index in [1.807, 2.05) is 24.3 Å². The topological polar surface area (TPSA) is 66.0 Å². The average molecular weight is 395 g/mol. The summed E-state index contributed by atoms with van der Waals surface area (Å²) in [7, 11) is 1.80. The fourth-order valence-electron chi connectivity index (χ4n) is 3.69. The normalized spacial score (nSPS) is 17.2. The quantitative estimate of drug-likeness (QED) is 0.616. The molecule has 1 heterocycles. The molecule has 6 heteroatoms. The Hall–Kier alpha value is -2.86. The fraction of sp³-hybridized carbons (Fsp3) is 0.391. The van der Waals surface area contributed by atoms with Gasteiger partial charge in [0, 0.05) is 32.7 Å². The molecule has 29 heavy (non-hydrogen) atoms. The molecule has 0 aromatic heterocycles. The molecule has 154 valence electrons. The van der Waals surface area contributed by atoms with Crippen molar-refractivity contribution in [1.29, 1.82) is 0 Å². The molecule has 1 amide bonds. The van der Waals surface area contributed by atoms with E-state index in [1.165, 1.54) is 23.6 Å². The Kier molecular flexibility index (Phi) is 6.88. The molecule has 1 atom stereocenters. The lowest BCUT2D eigenvalue weighted by Crippen LogP contribution is -2.48. The van der Waals surface area contributed by atoms with Crippen molar-refractivity contribution in [2.45, 2.75) is 33.4 Å². The van der Waals surface area contributed by atoms with Gasteiger partial charge in [0.05, 0.1) is 13.2 Å². The van der Waals surface area contributed by atoms with Crippen molar-refractivity contribution in [3.05, 3.63) is 64.7 Å². The van der Waals surface area contributed by atoms with Crippen LogP contribution in [0.25, 0.3) is 0 Å². The minimum absolute atomic E-state index is 0.0333. The van der Waals surface area contributed by atoms with Crippen molar-refractivity contribution in [3.8, 4) is 0 Å². The number of anilines is 1. The minimum atomic E-state index is -0.0725. The lowest BCUT2D eigenvalue weighted by Gasteiger charge is -2.36. The fourth-order valence-corrected chi connectivity index (χ4v) is 3.69. The number of morpholine rings is 1. The predicted octanol–water partition coefficient (Wildman–Crippen LogP) is 3.41. The molecule has 1 aliphatic heterocycles. The monoisotopic (exact) mass is 394 g/mol. The molecule has 2 aromatic carbocycles. The largest absolute Gasteiger partial charge is 0.370 e. The highest BCUT2D eigenvalue weighted by Gasteiger charge is 2.25. The first kappa shape index (κ1) is 20.9. The van der Waals surface area contributed by atoms with E-state index in [1.54, 1.807) is 7.05 Å². The molecular weight excluding hydrogens is 364 g/mol. The molecule has 0 radical (unpaired) electrons. The van der Waals surface area contributed by atoms with Crippen LogP contribution in [-0.2, 0) is 16.1 Å². The van der Waals surface area contributed by atoms with Gasteiger partial charge >= 0.3 is 0 Å². The molecule has 3 rings (SSSR count). The number of aryl methyl sites for hydroxylation is 2. The van der Waals surface area contributed by atoms with Crippen molar-refractivity contribution >= 4 is 17.6 Å². The first-order chi connectivity index (χ1) is 14.0. The summed E-state index contributed by atoms with van der Waals surface area (Å²) in [6.07, 6.45) is 0.0333. The van der Waals surface area contributed by atoms with Crippen LogP contribution in [0.2, 0.25) is 0 Å². The Morgan fingerprint density at radius 3 is 2.79 bits per heavy atom. The first-order valence-electron chi connectivity index (χ1n) is 9.97. The highest BCUT2D eigenvalue weighted by atomic mass is 16.5. The Balaban J connectivity index is 1.65. The summed E-state index contributed by atoms with van der Waals surface area (Å²) in [5.41, 5.74) is 5.64. The number of ether oxygens (including phenoxy) is 1. The maximum absolute atomic E-state index is 11.3. The lowest BCUT2D eigenvalue weighted by molar-refractivity contribution is -0.114. The van der Waals surface area contributed by atoms with Gasteiger partial charge in [-0.2, -0.15) is 0 Å². The molecule has 1 saturated heterocycles. The molecule has 0 bridgehead atoms. The Labute approximate surface area is 173 Å². The number of nitrogens with one attached hydrogen (secondary N) is 2. The van der Waals surface area contributed by atoms with Gasteiger partial charge in [-0.05, 0) is 42.7 Å². The van der Waals surface area contributed by atoms with Crippen LogP contribution in [0.5, 0.6) is 0 Å². The van der Waals surface area contributed by atoms with E-state index < -0.39 is 0 Å². The summed E-state index contributed by atoms with van der Waals surface area (Å²) < 4.78 is 6.06. The number of carbonyl (C=O) groups is 1. The van der Waals surface area contributed by atoms with Gasteiger partial charge < -0.3 is 20.3 Å². The summed E-state index contributed by atoms with van der Waals surface area (Å²) in [4.78, 5) is 18.0. The van der Waals surface area contributed by atoms with Crippen LogP contribution in [0, 0.1) is 13.8 Å². The molecule has 0 spiro atoms. The number of nitrogens with zero attached hydrogens (tertiary/aromatic N) is 2. The standard InChI is InChI=1S/C23H30N4O2/c1-16-8-9-21(17(2)12-16)22-15-27(10-11-29-22)23(24-4)25-14-19-6-5-7-20(13-19)26-18(3)28/h5-9,12-13,22H,10-11,14-15H2,1-4H3,(H,24,25)(H,26,28). The van der Waals surface area contributed by atoms with Crippen LogP contribution >= 0.6 is 0 Å². The van der Waals surface area contributed by atoms with E-state index in [-0.39, 0.29) is 12.0 Å². The highest BCUT2D eigenvalue weighted by Crippen LogP contribution is 2.26. The van der Waals surface area contributed by atoms with Gasteiger partial charge in [0.2, 0.25) is 5.91 Å². The number of rotatable bonds is 4. The molecule has 0 aliphatic carbocycles. The Morgan fingerprint density at radius 2 is 2.07 bits per heavy atom. The van der Waals surface area contributed by atoms with Gasteiger partial charge in [-0.25, -0.2) is 0 Å². The Bertz CT molecular complexity index is 894. The van der Waals surface area contributed by atoms with E-state index >= 15 is 0 Å². The third-order valence-corrected chi connectivity index (χ3v) is 5.05. The molecule has 1 unspecified atom stereocenters. The maximum Gasteiger partial charge on any atom is 0.221 e. The maximum atomic E-state index is 11.3. The second-order valence-corrected chi connectivity index (χ2v) is 7.45. The second kappa shape index (κ2) is 9.56. The average Bonchev–Trinajstić information content (AvgIpc) is 2.68. The van der Waals surface area contributed by atoms with Crippen LogP contribution in [0.4, 0.5) is 5.69 Å². The molecular formula is C23H30N4O2. The van der Waals surface area contributed by atoms with Crippen molar-refractivity contribution < 1.29 is 9.53 Å². The van der Waals surface area contributed by atoms with Crippen molar-refractivity contribution in [1.82, 2.24) is 10.2 Å². The molecule has 1 fully saturated rings. The zero-order valence-corrected chi connectivity index (χ0v) is 17.7. The molecule has 0 saturated carbocycles. The summed E-state index contributed by atoms with van der Waals surface area (Å²) in [6, 6.07) is 14.3. The smallest absolute Gasteiger partial charge is 0.221 e. The van der Waals surface area contributed by atoms with Crippen LogP contribution in [0.15, 0.2) is 47.5 Å². The van der Waals surface area contributed by atoms with Gasteiger partial charge in [0.15, 0.2) is 5.96 Å². The van der Waals surface area contributed by atoms with E-state index in [2.05, 4.69) is 52.6 Å². The number of benzene rings is 2. The van der Waals surface area contributed by atoms with Crippen LogP contribution < -0.4 is 10.6 Å². The summed E-state index contributed by atoms with van der Waals surface area (Å²) in [6.45, 7) is 8.61. The van der Waals surface area contributed by atoms with Crippen LogP contribution in [0.3, 0.4) is 0 Å². The zero-order valence-electron chi connectivity index (χ0n) is 17.7. The minimum Gasteiger partial charge on any atom is -0.370 e. The highest BCUT2D eigenvalue weighted by molar-refractivity contribution is 5.88. The zero-order chi connectivity index (χ0) is 20.8. The molecule has 1 aliphatic rings. The van der Waals surface area contributed by atoms with Crippen molar-refractivity contribution in [2.24, 2.45) is 4.99 Å². The lowest BCUT2D eigenvalue weighted by atomic mass is 10.00. The number of carbonyl (C=O) groups excluding carboxylic acids is 1. The predicted molar refractivity (Wildman–Crippen MR) is 117 cm³/mol. The SMILES string of the molecule is CN=C(NCc1cccc(NC(C)=O)c1)N1CCOC(c2ccc(C)cc2C)C1. The van der Waals surface area contributed by atoms with Gasteiger partial charge in [0.1, 0.15) is 6.10 Å². The third kappa shape index (κ3) is 5.57. The number of hydrogen-bond donors (Lipinski definition) is 2. The summed E-state index contributed by atoms with van der Waals surface area (Å²) in [5, 5.41) is 6.26. The number of amides is 1. The number of aliphatic imine (C=N–C) groups is 1. The van der Waals surface area contributed by atoms with Crippen molar-refractivity contribution in [2.75, 3.05) is 32.1 Å². The summed E-state index contributed by atoms with van der Waals surface area (Å²) >= 11 is 0. The van der Waals surface area contributed by atoms with Gasteiger partial charge in [-0.1, -0.05) is 35.9 Å². The Morgan fingerprint density at radius 1 is 1.24 bits per heavy atom. The van der Waals surface area contributed by atoms with Gasteiger partial charge in [-0.3, -0.25) is 9.79 Å². The van der Waals surface area contributed by atoms with Gasteiger partial charge in [-0.15, -0.1) is 0 Å². The van der Waals surface area contributed by atoms with Crippen LogP contribution in [0.1, 0.15) is 35.3 Å². The third-order valence-electron chi connectivity index (χ3n) is 5.05. The van der Waals surface area contributed by atoms with E-state index in [0.29, 0.717) is 13.2 Å². The van der Waals surface area contributed by atoms with Gasteiger partial charge in [0.25, 0.3) is 0 Å². The second-order valence-electron chi connectivity index (χ2n) is 7.45. The van der Waals surface area contributed by atoms with E-state index in [9.17, 15) is 4.79 Å².